The van der Waals surface area contributed by atoms with E-state index < -0.39 is 0 Å². The highest BCUT2D eigenvalue weighted by molar-refractivity contribution is 14.0. The minimum Gasteiger partial charge on any atom is -0.381 e. The first-order valence-electron chi connectivity index (χ1n) is 10.5. The fraction of sp³-hybridized carbons (Fsp3) is 0.591. The molecule has 1 aliphatic heterocycles. The van der Waals surface area contributed by atoms with Crippen LogP contribution in [0.15, 0.2) is 29.4 Å². The van der Waals surface area contributed by atoms with E-state index in [2.05, 4.69) is 60.4 Å². The fourth-order valence-corrected chi connectivity index (χ4v) is 3.93. The molecule has 0 spiro atoms. The van der Waals surface area contributed by atoms with Gasteiger partial charge in [-0.25, -0.2) is 0 Å². The zero-order valence-corrected chi connectivity index (χ0v) is 19.8. The predicted molar refractivity (Wildman–Crippen MR) is 129 cm³/mol. The van der Waals surface area contributed by atoms with Crippen molar-refractivity contribution in [2.75, 3.05) is 39.4 Å². The minimum atomic E-state index is 0. The van der Waals surface area contributed by atoms with Gasteiger partial charge in [0, 0.05) is 55.8 Å². The molecule has 28 heavy (non-hydrogen) atoms. The van der Waals surface area contributed by atoms with Crippen LogP contribution in [-0.4, -0.2) is 55.2 Å². The van der Waals surface area contributed by atoms with Gasteiger partial charge >= 0.3 is 0 Å². The normalized spacial score (nSPS) is 17.2. The van der Waals surface area contributed by atoms with Crippen LogP contribution >= 0.6 is 24.0 Å². The summed E-state index contributed by atoms with van der Waals surface area (Å²) >= 11 is 0. The van der Waals surface area contributed by atoms with E-state index in [4.69, 9.17) is 9.73 Å². The number of guanidine groups is 1. The van der Waals surface area contributed by atoms with Gasteiger partial charge in [0.05, 0.1) is 6.61 Å². The smallest absolute Gasteiger partial charge is 0.193 e. The van der Waals surface area contributed by atoms with Crippen molar-refractivity contribution in [3.05, 3.63) is 35.5 Å². The van der Waals surface area contributed by atoms with Crippen LogP contribution in [0.2, 0.25) is 0 Å². The highest BCUT2D eigenvalue weighted by Crippen LogP contribution is 2.23. The Bertz CT molecular complexity index is 758. The van der Waals surface area contributed by atoms with Gasteiger partial charge in [-0.05, 0) is 44.2 Å². The van der Waals surface area contributed by atoms with Gasteiger partial charge in [-0.1, -0.05) is 25.1 Å². The summed E-state index contributed by atoms with van der Waals surface area (Å²) in [6, 6.07) is 6.58. The van der Waals surface area contributed by atoms with E-state index in [1.165, 1.54) is 28.5 Å². The molecule has 5 nitrogen and oxygen atoms in total. The molecular formula is C22H35IN4O. The number of H-pyrrole nitrogens is 1. The van der Waals surface area contributed by atoms with Gasteiger partial charge < -0.3 is 19.9 Å². The molecule has 0 bridgehead atoms. The molecule has 1 unspecified atom stereocenters. The summed E-state index contributed by atoms with van der Waals surface area (Å²) in [5.74, 6) is 1.67. The number of nitrogens with zero attached hydrogens (tertiary/aromatic N) is 2. The number of ether oxygens (including phenoxy) is 1. The summed E-state index contributed by atoms with van der Waals surface area (Å²) in [6.45, 7) is 11.9. The van der Waals surface area contributed by atoms with Gasteiger partial charge in [0.15, 0.2) is 5.96 Å². The van der Waals surface area contributed by atoms with Crippen LogP contribution in [0, 0.1) is 5.92 Å². The number of benzene rings is 1. The summed E-state index contributed by atoms with van der Waals surface area (Å²) in [4.78, 5) is 10.8. The van der Waals surface area contributed by atoms with E-state index in [1.54, 1.807) is 0 Å². The first-order chi connectivity index (χ1) is 13.3. The van der Waals surface area contributed by atoms with Gasteiger partial charge in [-0.3, -0.25) is 4.99 Å². The molecule has 6 heteroatoms. The average Bonchev–Trinajstić information content (AvgIpc) is 3.33. The maximum atomic E-state index is 5.60. The Labute approximate surface area is 186 Å². The zero-order valence-electron chi connectivity index (χ0n) is 17.5. The zero-order chi connectivity index (χ0) is 19.1. The third kappa shape index (κ3) is 5.63. The first kappa shape index (κ1) is 23.0. The number of aromatic amines is 1. The van der Waals surface area contributed by atoms with E-state index in [0.717, 1.165) is 58.2 Å². The summed E-state index contributed by atoms with van der Waals surface area (Å²) in [5.41, 5.74) is 4.02. The van der Waals surface area contributed by atoms with Gasteiger partial charge in [0.2, 0.25) is 0 Å². The Kier molecular flexibility index (Phi) is 9.58. The van der Waals surface area contributed by atoms with Crippen LogP contribution in [0.4, 0.5) is 0 Å². The number of para-hydroxylation sites is 1. The fourth-order valence-electron chi connectivity index (χ4n) is 3.93. The van der Waals surface area contributed by atoms with Crippen LogP contribution in [0.25, 0.3) is 10.9 Å². The lowest BCUT2D eigenvalue weighted by atomic mass is 10.1. The molecule has 2 heterocycles. The highest BCUT2D eigenvalue weighted by Gasteiger charge is 2.24. The molecule has 2 aromatic rings. The SMILES string of the molecule is CCNC(=NCCc1c[nH]c2c(CC)cccc12)N1CCC(COCC)C1.I. The second-order valence-corrected chi connectivity index (χ2v) is 7.25. The second-order valence-electron chi connectivity index (χ2n) is 7.25. The third-order valence-electron chi connectivity index (χ3n) is 5.39. The molecule has 1 aromatic heterocycles. The molecule has 1 aliphatic rings. The van der Waals surface area contributed by atoms with Crippen molar-refractivity contribution < 1.29 is 4.74 Å². The van der Waals surface area contributed by atoms with Gasteiger partial charge in [0.25, 0.3) is 0 Å². The maximum Gasteiger partial charge on any atom is 0.193 e. The third-order valence-corrected chi connectivity index (χ3v) is 5.39. The maximum absolute atomic E-state index is 5.60. The summed E-state index contributed by atoms with van der Waals surface area (Å²) in [6.07, 6.45) is 5.35. The number of rotatable bonds is 8. The Morgan fingerprint density at radius 1 is 1.29 bits per heavy atom. The van der Waals surface area contributed by atoms with Crippen molar-refractivity contribution in [3.8, 4) is 0 Å². The molecule has 3 rings (SSSR count). The molecule has 2 N–H and O–H groups in total. The molecular weight excluding hydrogens is 463 g/mol. The van der Waals surface area contributed by atoms with Gasteiger partial charge in [0.1, 0.15) is 0 Å². The number of nitrogens with one attached hydrogen (secondary N) is 2. The molecule has 0 radical (unpaired) electrons. The number of aryl methyl sites for hydroxylation is 1. The number of halogens is 1. The van der Waals surface area contributed by atoms with Crippen molar-refractivity contribution in [1.82, 2.24) is 15.2 Å². The minimum absolute atomic E-state index is 0. The first-order valence-corrected chi connectivity index (χ1v) is 10.5. The van der Waals surface area contributed by atoms with E-state index in [-0.39, 0.29) is 24.0 Å². The van der Waals surface area contributed by atoms with E-state index in [0.29, 0.717) is 5.92 Å². The van der Waals surface area contributed by atoms with Crippen molar-refractivity contribution in [2.45, 2.75) is 40.0 Å². The van der Waals surface area contributed by atoms with Crippen molar-refractivity contribution >= 4 is 40.8 Å². The Morgan fingerprint density at radius 3 is 2.89 bits per heavy atom. The topological polar surface area (TPSA) is 52.7 Å². The van der Waals surface area contributed by atoms with Crippen LogP contribution in [0.3, 0.4) is 0 Å². The number of likely N-dealkylation sites (tertiary alicyclic amines) is 1. The van der Waals surface area contributed by atoms with Crippen LogP contribution in [0.5, 0.6) is 0 Å². The number of hydrogen-bond acceptors (Lipinski definition) is 2. The highest BCUT2D eigenvalue weighted by atomic mass is 127. The van der Waals surface area contributed by atoms with E-state index >= 15 is 0 Å². The van der Waals surface area contributed by atoms with Crippen LogP contribution in [0.1, 0.15) is 38.3 Å². The molecule has 0 amide bonds. The summed E-state index contributed by atoms with van der Waals surface area (Å²) < 4.78 is 5.60. The second kappa shape index (κ2) is 11.7. The predicted octanol–water partition coefficient (Wildman–Crippen LogP) is 4.21. The Morgan fingerprint density at radius 2 is 2.14 bits per heavy atom. The van der Waals surface area contributed by atoms with Crippen LogP contribution in [-0.2, 0) is 17.6 Å². The Hall–Kier alpha value is -1.28. The van der Waals surface area contributed by atoms with E-state index in [9.17, 15) is 0 Å². The summed E-state index contributed by atoms with van der Waals surface area (Å²) in [5, 5.41) is 4.80. The van der Waals surface area contributed by atoms with E-state index in [1.807, 2.05) is 0 Å². The number of hydrogen-bond donors (Lipinski definition) is 2. The lowest BCUT2D eigenvalue weighted by Gasteiger charge is -2.21. The number of fused-ring (bicyclic) bond motifs is 1. The molecule has 0 saturated carbocycles. The van der Waals surface area contributed by atoms with Crippen molar-refractivity contribution in [1.29, 1.82) is 0 Å². The number of aliphatic imine (C=N–C) groups is 1. The number of aromatic nitrogens is 1. The van der Waals surface area contributed by atoms with Crippen molar-refractivity contribution in [3.63, 3.8) is 0 Å². The molecule has 1 fully saturated rings. The molecule has 1 atom stereocenters. The largest absolute Gasteiger partial charge is 0.381 e. The summed E-state index contributed by atoms with van der Waals surface area (Å²) in [7, 11) is 0. The van der Waals surface area contributed by atoms with Crippen LogP contribution < -0.4 is 5.32 Å². The van der Waals surface area contributed by atoms with Gasteiger partial charge in [-0.15, -0.1) is 24.0 Å². The molecule has 1 saturated heterocycles. The Balaban J connectivity index is 0.00000280. The lowest BCUT2D eigenvalue weighted by molar-refractivity contribution is 0.114. The molecule has 156 valence electrons. The quantitative estimate of drug-likeness (QED) is 0.326. The standard InChI is InChI=1S/C22H34N4O.HI/c1-4-18-8-7-9-20-19(14-25-21(18)20)10-12-24-22(23-5-2)26-13-11-17(15-26)16-27-6-3;/h7-9,14,17,25H,4-6,10-13,15-16H2,1-3H3,(H,23,24);1H. The van der Waals surface area contributed by atoms with Gasteiger partial charge in [-0.2, -0.15) is 0 Å². The molecule has 1 aromatic carbocycles. The lowest BCUT2D eigenvalue weighted by Crippen LogP contribution is -2.40. The monoisotopic (exact) mass is 498 g/mol. The van der Waals surface area contributed by atoms with Crippen molar-refractivity contribution in [2.24, 2.45) is 10.9 Å². The average molecular weight is 498 g/mol. The molecule has 0 aliphatic carbocycles.